The summed E-state index contributed by atoms with van der Waals surface area (Å²) in [6.45, 7) is 0.593. The molecule has 4 rings (SSSR count). The molecule has 132 valence electrons. The highest BCUT2D eigenvalue weighted by atomic mass is 16.7. The van der Waals surface area contributed by atoms with Gasteiger partial charge >= 0.3 is 0 Å². The number of ether oxygens (including phenoxy) is 2. The molecule has 0 N–H and O–H groups in total. The molecule has 1 amide bonds. The fourth-order valence-electron chi connectivity index (χ4n) is 3.02. The molecular weight excluding hydrogens is 334 g/mol. The van der Waals surface area contributed by atoms with Gasteiger partial charge < -0.3 is 14.4 Å². The van der Waals surface area contributed by atoms with E-state index in [0.717, 1.165) is 5.56 Å². The van der Waals surface area contributed by atoms with Crippen molar-refractivity contribution in [2.75, 3.05) is 13.8 Å². The fourth-order valence-corrected chi connectivity index (χ4v) is 3.02. The Hall–Kier alpha value is -3.35. The van der Waals surface area contributed by atoms with E-state index in [1.165, 1.54) is 4.68 Å². The summed E-state index contributed by atoms with van der Waals surface area (Å²) >= 11 is 0. The van der Waals surface area contributed by atoms with Gasteiger partial charge in [0.25, 0.3) is 11.5 Å². The Bertz CT molecular complexity index is 1070. The van der Waals surface area contributed by atoms with Crippen LogP contribution in [0.15, 0.2) is 47.3 Å². The SMILES string of the molecule is CN(Cc1ccc2c(c1)OCO2)C(=O)c1nn(C)c(=O)c2ccccc12. The smallest absolute Gasteiger partial charge is 0.274 e. The van der Waals surface area contributed by atoms with Crippen LogP contribution in [-0.2, 0) is 13.6 Å². The minimum Gasteiger partial charge on any atom is -0.454 e. The zero-order valence-corrected chi connectivity index (χ0v) is 14.4. The Labute approximate surface area is 149 Å². The van der Waals surface area contributed by atoms with Crippen LogP contribution in [0.4, 0.5) is 0 Å². The lowest BCUT2D eigenvalue weighted by atomic mass is 10.1. The highest BCUT2D eigenvalue weighted by molar-refractivity contribution is 6.04. The van der Waals surface area contributed by atoms with E-state index >= 15 is 0 Å². The molecule has 0 radical (unpaired) electrons. The number of hydrogen-bond acceptors (Lipinski definition) is 5. The predicted molar refractivity (Wildman–Crippen MR) is 95.3 cm³/mol. The van der Waals surface area contributed by atoms with E-state index in [2.05, 4.69) is 5.10 Å². The largest absolute Gasteiger partial charge is 0.454 e. The minimum atomic E-state index is -0.255. The van der Waals surface area contributed by atoms with Crippen molar-refractivity contribution < 1.29 is 14.3 Å². The van der Waals surface area contributed by atoms with E-state index in [-0.39, 0.29) is 24.0 Å². The van der Waals surface area contributed by atoms with Crippen LogP contribution < -0.4 is 15.0 Å². The van der Waals surface area contributed by atoms with Crippen LogP contribution in [0, 0.1) is 0 Å². The van der Waals surface area contributed by atoms with E-state index in [1.54, 1.807) is 43.3 Å². The van der Waals surface area contributed by atoms with Gasteiger partial charge in [-0.05, 0) is 23.8 Å². The molecule has 1 aliphatic rings. The van der Waals surface area contributed by atoms with Gasteiger partial charge in [0, 0.05) is 26.0 Å². The maximum absolute atomic E-state index is 13.0. The van der Waals surface area contributed by atoms with Gasteiger partial charge in [-0.3, -0.25) is 9.59 Å². The van der Waals surface area contributed by atoms with E-state index in [1.807, 2.05) is 18.2 Å². The number of rotatable bonds is 3. The molecule has 0 fully saturated rings. The van der Waals surface area contributed by atoms with Crippen molar-refractivity contribution >= 4 is 16.7 Å². The average Bonchev–Trinajstić information content (AvgIpc) is 3.12. The molecule has 0 unspecified atom stereocenters. The third kappa shape index (κ3) is 2.67. The van der Waals surface area contributed by atoms with Gasteiger partial charge in [-0.25, -0.2) is 4.68 Å². The molecule has 26 heavy (non-hydrogen) atoms. The molecule has 3 aromatic rings. The number of fused-ring (bicyclic) bond motifs is 2. The average molecular weight is 351 g/mol. The first-order valence-electron chi connectivity index (χ1n) is 8.14. The summed E-state index contributed by atoms with van der Waals surface area (Å²) in [4.78, 5) is 26.7. The number of benzene rings is 2. The Kier molecular flexibility index (Phi) is 3.84. The maximum atomic E-state index is 13.0. The topological polar surface area (TPSA) is 73.7 Å². The quantitative estimate of drug-likeness (QED) is 0.721. The number of carbonyl (C=O) groups is 1. The molecule has 0 saturated carbocycles. The molecule has 7 nitrogen and oxygen atoms in total. The zero-order valence-electron chi connectivity index (χ0n) is 14.4. The van der Waals surface area contributed by atoms with Crippen molar-refractivity contribution in [2.45, 2.75) is 6.54 Å². The lowest BCUT2D eigenvalue weighted by molar-refractivity contribution is 0.0779. The van der Waals surface area contributed by atoms with E-state index < -0.39 is 0 Å². The standard InChI is InChI=1S/C19H17N3O4/c1-21(10-12-7-8-15-16(9-12)26-11-25-15)19(24)17-13-5-3-4-6-14(13)18(23)22(2)20-17/h3-9H,10-11H2,1-2H3. The molecule has 1 aromatic heterocycles. The highest BCUT2D eigenvalue weighted by Crippen LogP contribution is 2.32. The van der Waals surface area contributed by atoms with Crippen LogP contribution in [0.5, 0.6) is 11.5 Å². The van der Waals surface area contributed by atoms with Crippen molar-refractivity contribution in [2.24, 2.45) is 7.05 Å². The molecule has 2 aromatic carbocycles. The molecule has 2 heterocycles. The summed E-state index contributed by atoms with van der Waals surface area (Å²) in [5.74, 6) is 1.12. The lowest BCUT2D eigenvalue weighted by Gasteiger charge is -2.18. The summed E-state index contributed by atoms with van der Waals surface area (Å²) in [7, 11) is 3.25. The predicted octanol–water partition coefficient (Wildman–Crippen LogP) is 1.93. The summed E-state index contributed by atoms with van der Waals surface area (Å²) in [6, 6.07) is 12.6. The first-order valence-corrected chi connectivity index (χ1v) is 8.14. The van der Waals surface area contributed by atoms with Gasteiger partial charge in [0.15, 0.2) is 17.2 Å². The van der Waals surface area contributed by atoms with Crippen LogP contribution in [0.3, 0.4) is 0 Å². The molecule has 7 heteroatoms. The third-order valence-electron chi connectivity index (χ3n) is 4.36. The molecule has 0 atom stereocenters. The normalized spacial score (nSPS) is 12.4. The first-order chi connectivity index (χ1) is 12.5. The number of amides is 1. The van der Waals surface area contributed by atoms with Gasteiger partial charge in [0.1, 0.15) is 0 Å². The first kappa shape index (κ1) is 16.1. The molecule has 0 aliphatic carbocycles. The van der Waals surface area contributed by atoms with E-state index in [0.29, 0.717) is 28.8 Å². The monoisotopic (exact) mass is 351 g/mol. The number of aryl methyl sites for hydroxylation is 1. The number of nitrogens with zero attached hydrogens (tertiary/aromatic N) is 3. The van der Waals surface area contributed by atoms with Gasteiger partial charge in [-0.15, -0.1) is 0 Å². The number of aromatic nitrogens is 2. The maximum Gasteiger partial charge on any atom is 0.274 e. The van der Waals surface area contributed by atoms with Crippen molar-refractivity contribution in [3.8, 4) is 11.5 Å². The summed E-state index contributed by atoms with van der Waals surface area (Å²) in [5, 5.41) is 5.22. The molecule has 1 aliphatic heterocycles. The van der Waals surface area contributed by atoms with Crippen LogP contribution in [-0.4, -0.2) is 34.4 Å². The van der Waals surface area contributed by atoms with Crippen LogP contribution in [0.2, 0.25) is 0 Å². The molecule has 0 spiro atoms. The van der Waals surface area contributed by atoms with Crippen molar-refractivity contribution in [3.63, 3.8) is 0 Å². The highest BCUT2D eigenvalue weighted by Gasteiger charge is 2.20. The van der Waals surface area contributed by atoms with Crippen molar-refractivity contribution in [1.82, 2.24) is 14.7 Å². The second-order valence-electron chi connectivity index (χ2n) is 6.17. The van der Waals surface area contributed by atoms with Gasteiger partial charge in [-0.1, -0.05) is 24.3 Å². The van der Waals surface area contributed by atoms with Gasteiger partial charge in [0.2, 0.25) is 6.79 Å². The van der Waals surface area contributed by atoms with Crippen LogP contribution in [0.25, 0.3) is 10.8 Å². The summed E-state index contributed by atoms with van der Waals surface area (Å²) in [6.07, 6.45) is 0. The van der Waals surface area contributed by atoms with Crippen LogP contribution in [0.1, 0.15) is 16.1 Å². The van der Waals surface area contributed by atoms with Crippen molar-refractivity contribution in [1.29, 1.82) is 0 Å². The second-order valence-corrected chi connectivity index (χ2v) is 6.17. The third-order valence-corrected chi connectivity index (χ3v) is 4.36. The Morgan fingerprint density at radius 3 is 2.69 bits per heavy atom. The van der Waals surface area contributed by atoms with Gasteiger partial charge in [0.05, 0.1) is 5.39 Å². The molecular formula is C19H17N3O4. The van der Waals surface area contributed by atoms with Gasteiger partial charge in [-0.2, -0.15) is 5.10 Å². The molecule has 0 bridgehead atoms. The van der Waals surface area contributed by atoms with Crippen molar-refractivity contribution in [3.05, 3.63) is 64.1 Å². The molecule has 0 saturated heterocycles. The van der Waals surface area contributed by atoms with Crippen LogP contribution >= 0.6 is 0 Å². The second kappa shape index (κ2) is 6.18. The zero-order chi connectivity index (χ0) is 18.3. The Balaban J connectivity index is 1.66. The lowest BCUT2D eigenvalue weighted by Crippen LogP contribution is -2.30. The summed E-state index contributed by atoms with van der Waals surface area (Å²) < 4.78 is 11.9. The minimum absolute atomic E-state index is 0.210. The Morgan fingerprint density at radius 2 is 1.88 bits per heavy atom. The summed E-state index contributed by atoms with van der Waals surface area (Å²) in [5.41, 5.74) is 0.945. The number of hydrogen-bond donors (Lipinski definition) is 0. The Morgan fingerprint density at radius 1 is 1.15 bits per heavy atom. The number of carbonyl (C=O) groups excluding carboxylic acids is 1. The fraction of sp³-hybridized carbons (Fsp3) is 0.211. The van der Waals surface area contributed by atoms with E-state index in [9.17, 15) is 9.59 Å². The van der Waals surface area contributed by atoms with E-state index in [4.69, 9.17) is 9.47 Å².